The molecule has 116 valence electrons. The van der Waals surface area contributed by atoms with Crippen LogP contribution in [0.4, 0.5) is 0 Å². The Morgan fingerprint density at radius 3 is 1.25 bits per heavy atom. The summed E-state index contributed by atoms with van der Waals surface area (Å²) in [5.41, 5.74) is 0.622. The lowest BCUT2D eigenvalue weighted by molar-refractivity contribution is -0.0193. The van der Waals surface area contributed by atoms with E-state index in [2.05, 4.69) is 10.6 Å². The Morgan fingerprint density at radius 2 is 0.950 bits per heavy atom. The normalized spacial score (nSPS) is 31.2. The van der Waals surface area contributed by atoms with Crippen molar-refractivity contribution in [2.24, 2.45) is 0 Å². The van der Waals surface area contributed by atoms with Gasteiger partial charge in [0.2, 0.25) is 0 Å². The van der Waals surface area contributed by atoms with Gasteiger partial charge in [-0.15, -0.1) is 0 Å². The van der Waals surface area contributed by atoms with Gasteiger partial charge in [-0.3, -0.25) is 0 Å². The largest absolute Gasteiger partial charge is 0.375 e. The maximum atomic E-state index is 5.74. The molecular formula is C16H30N2O2. The van der Waals surface area contributed by atoms with Crippen molar-refractivity contribution in [2.75, 3.05) is 39.4 Å². The highest BCUT2D eigenvalue weighted by Gasteiger charge is 2.36. The zero-order valence-electron chi connectivity index (χ0n) is 12.7. The first-order valence-corrected chi connectivity index (χ1v) is 8.52. The van der Waals surface area contributed by atoms with Crippen LogP contribution in [0.15, 0.2) is 0 Å². The van der Waals surface area contributed by atoms with E-state index in [0.29, 0.717) is 11.2 Å². The van der Waals surface area contributed by atoms with E-state index < -0.39 is 0 Å². The molecule has 0 amide bonds. The van der Waals surface area contributed by atoms with Gasteiger partial charge in [0.1, 0.15) is 0 Å². The number of hydrogen-bond donors (Lipinski definition) is 2. The van der Waals surface area contributed by atoms with E-state index in [1.807, 2.05) is 0 Å². The Bertz CT molecular complexity index is 251. The van der Waals surface area contributed by atoms with E-state index >= 15 is 0 Å². The predicted octanol–water partition coefficient (Wildman–Crippen LogP) is 1.84. The molecule has 0 atom stereocenters. The van der Waals surface area contributed by atoms with Crippen LogP contribution in [0.5, 0.6) is 0 Å². The lowest BCUT2D eigenvalue weighted by Crippen LogP contribution is -2.41. The first-order valence-electron chi connectivity index (χ1n) is 8.52. The first-order chi connectivity index (χ1) is 9.83. The maximum absolute atomic E-state index is 5.74. The van der Waals surface area contributed by atoms with Crippen LogP contribution in [0.1, 0.15) is 51.4 Å². The minimum Gasteiger partial charge on any atom is -0.375 e. The van der Waals surface area contributed by atoms with Crippen molar-refractivity contribution in [1.29, 1.82) is 0 Å². The molecule has 4 fully saturated rings. The van der Waals surface area contributed by atoms with Crippen LogP contribution >= 0.6 is 0 Å². The van der Waals surface area contributed by atoms with E-state index in [1.54, 1.807) is 0 Å². The van der Waals surface area contributed by atoms with E-state index in [-0.39, 0.29) is 0 Å². The van der Waals surface area contributed by atoms with Gasteiger partial charge in [-0.2, -0.15) is 0 Å². The molecular weight excluding hydrogens is 252 g/mol. The van der Waals surface area contributed by atoms with Gasteiger partial charge in [0.05, 0.1) is 11.2 Å². The van der Waals surface area contributed by atoms with Crippen LogP contribution in [0.2, 0.25) is 0 Å². The van der Waals surface area contributed by atoms with Crippen molar-refractivity contribution in [2.45, 2.75) is 62.6 Å². The second kappa shape index (κ2) is 6.73. The van der Waals surface area contributed by atoms with Gasteiger partial charge in [0, 0.05) is 13.2 Å². The standard InChI is InChI=1S/2C8H15NO/c2*1-2-8(10-7-1)3-5-9-6-4-8/h2*9H,1-7H2. The summed E-state index contributed by atoms with van der Waals surface area (Å²) < 4.78 is 11.5. The van der Waals surface area contributed by atoms with Crippen molar-refractivity contribution in [3.63, 3.8) is 0 Å². The molecule has 0 aromatic heterocycles. The van der Waals surface area contributed by atoms with Crippen molar-refractivity contribution < 1.29 is 9.47 Å². The van der Waals surface area contributed by atoms with Crippen LogP contribution in [-0.2, 0) is 9.47 Å². The quantitative estimate of drug-likeness (QED) is 0.711. The molecule has 4 heteroatoms. The number of rotatable bonds is 0. The minimum absolute atomic E-state index is 0.311. The van der Waals surface area contributed by atoms with Crippen LogP contribution in [0.25, 0.3) is 0 Å². The van der Waals surface area contributed by atoms with Gasteiger partial charge >= 0.3 is 0 Å². The number of piperidine rings is 2. The van der Waals surface area contributed by atoms with Crippen LogP contribution in [0.3, 0.4) is 0 Å². The summed E-state index contributed by atoms with van der Waals surface area (Å²) in [7, 11) is 0. The molecule has 20 heavy (non-hydrogen) atoms. The van der Waals surface area contributed by atoms with E-state index in [1.165, 1.54) is 51.4 Å². The summed E-state index contributed by atoms with van der Waals surface area (Å²) in [4.78, 5) is 0. The molecule has 4 nitrogen and oxygen atoms in total. The Hall–Kier alpha value is -0.160. The topological polar surface area (TPSA) is 42.5 Å². The molecule has 2 spiro atoms. The molecule has 0 radical (unpaired) electrons. The van der Waals surface area contributed by atoms with Gasteiger partial charge in [-0.05, 0) is 77.5 Å². The summed E-state index contributed by atoms with van der Waals surface area (Å²) in [6.07, 6.45) is 10.1. The highest BCUT2D eigenvalue weighted by molar-refractivity contribution is 4.89. The Kier molecular flexibility index (Phi) is 4.97. The molecule has 4 saturated heterocycles. The number of nitrogens with one attached hydrogen (secondary N) is 2. The average Bonchev–Trinajstić information content (AvgIpc) is 3.12. The zero-order valence-corrected chi connectivity index (χ0v) is 12.7. The summed E-state index contributed by atoms with van der Waals surface area (Å²) in [5.74, 6) is 0. The monoisotopic (exact) mass is 282 g/mol. The van der Waals surface area contributed by atoms with Crippen molar-refractivity contribution in [3.05, 3.63) is 0 Å². The molecule has 4 rings (SSSR count). The Morgan fingerprint density at radius 1 is 0.550 bits per heavy atom. The lowest BCUT2D eigenvalue weighted by atomic mass is 9.90. The highest BCUT2D eigenvalue weighted by atomic mass is 16.5. The molecule has 0 aliphatic carbocycles. The van der Waals surface area contributed by atoms with Crippen molar-refractivity contribution in [1.82, 2.24) is 10.6 Å². The average molecular weight is 282 g/mol. The lowest BCUT2D eigenvalue weighted by Gasteiger charge is -2.32. The fraction of sp³-hybridized carbons (Fsp3) is 1.00. The van der Waals surface area contributed by atoms with Gasteiger partial charge in [-0.25, -0.2) is 0 Å². The van der Waals surface area contributed by atoms with E-state index in [0.717, 1.165) is 39.4 Å². The highest BCUT2D eigenvalue weighted by Crippen LogP contribution is 2.34. The van der Waals surface area contributed by atoms with Crippen LogP contribution in [-0.4, -0.2) is 50.6 Å². The Balaban J connectivity index is 0.000000121. The number of ether oxygens (including phenoxy) is 2. The summed E-state index contributed by atoms with van der Waals surface area (Å²) >= 11 is 0. The third-order valence-corrected chi connectivity index (χ3v) is 5.40. The van der Waals surface area contributed by atoms with Gasteiger partial charge in [-0.1, -0.05) is 0 Å². The zero-order chi connectivity index (χ0) is 13.7. The first kappa shape index (κ1) is 14.8. The molecule has 0 aromatic rings. The molecule has 2 N–H and O–H groups in total. The van der Waals surface area contributed by atoms with Crippen molar-refractivity contribution >= 4 is 0 Å². The summed E-state index contributed by atoms with van der Waals surface area (Å²) in [5, 5.41) is 6.71. The molecule has 4 aliphatic heterocycles. The second-order valence-electron chi connectivity index (χ2n) is 6.77. The third-order valence-electron chi connectivity index (χ3n) is 5.40. The smallest absolute Gasteiger partial charge is 0.0707 e. The summed E-state index contributed by atoms with van der Waals surface area (Å²) in [6, 6.07) is 0. The fourth-order valence-corrected chi connectivity index (χ4v) is 4.06. The van der Waals surface area contributed by atoms with Gasteiger partial charge in [0.15, 0.2) is 0 Å². The molecule has 4 heterocycles. The molecule has 0 saturated carbocycles. The van der Waals surface area contributed by atoms with Crippen LogP contribution in [0, 0.1) is 0 Å². The molecule has 0 bridgehead atoms. The maximum Gasteiger partial charge on any atom is 0.0707 e. The minimum atomic E-state index is 0.311. The van der Waals surface area contributed by atoms with E-state index in [9.17, 15) is 0 Å². The molecule has 0 aromatic carbocycles. The predicted molar refractivity (Wildman–Crippen MR) is 80.0 cm³/mol. The Labute approximate surface area is 123 Å². The number of hydrogen-bond acceptors (Lipinski definition) is 4. The van der Waals surface area contributed by atoms with Crippen molar-refractivity contribution in [3.8, 4) is 0 Å². The van der Waals surface area contributed by atoms with Crippen LogP contribution < -0.4 is 10.6 Å². The second-order valence-corrected chi connectivity index (χ2v) is 6.77. The summed E-state index contributed by atoms with van der Waals surface area (Å²) in [6.45, 7) is 6.61. The van der Waals surface area contributed by atoms with Gasteiger partial charge in [0.25, 0.3) is 0 Å². The van der Waals surface area contributed by atoms with Gasteiger partial charge < -0.3 is 20.1 Å². The molecule has 0 unspecified atom stereocenters. The SMILES string of the molecule is C1COC2(C1)CCNCC2.C1COC2(C1)CCNCC2. The van der Waals surface area contributed by atoms with E-state index in [4.69, 9.17) is 9.47 Å². The third kappa shape index (κ3) is 3.53. The molecule has 4 aliphatic rings. The fourth-order valence-electron chi connectivity index (χ4n) is 4.06.